The monoisotopic (exact) mass is 333 g/mol. The van der Waals surface area contributed by atoms with Gasteiger partial charge in [0.05, 0.1) is 0 Å². The van der Waals surface area contributed by atoms with Crippen LogP contribution in [-0.4, -0.2) is 17.0 Å². The average Bonchev–Trinajstić information content (AvgIpc) is 2.84. The zero-order chi connectivity index (χ0) is 17.1. The highest BCUT2D eigenvalue weighted by Crippen LogP contribution is 2.65. The molecule has 3 fully saturated rings. The van der Waals surface area contributed by atoms with Crippen LogP contribution in [-0.2, 0) is 9.63 Å². The third-order valence-corrected chi connectivity index (χ3v) is 7.96. The number of carbonyl (C=O) groups is 1. The fourth-order valence-corrected chi connectivity index (χ4v) is 6.78. The number of hydrogen-bond donors (Lipinski definition) is 0. The molecular formula is C19H27NO4. The van der Waals surface area contributed by atoms with Crippen molar-refractivity contribution >= 4 is 5.78 Å². The van der Waals surface area contributed by atoms with E-state index in [1.807, 2.05) is 6.08 Å². The Morgan fingerprint density at radius 2 is 1.92 bits per heavy atom. The Hall–Kier alpha value is -1.39. The molecule has 0 heterocycles. The number of fused-ring (bicyclic) bond motifs is 5. The predicted molar refractivity (Wildman–Crippen MR) is 88.6 cm³/mol. The van der Waals surface area contributed by atoms with E-state index in [0.717, 1.165) is 38.5 Å². The molecule has 0 aliphatic heterocycles. The first kappa shape index (κ1) is 16.1. The second kappa shape index (κ2) is 5.30. The van der Waals surface area contributed by atoms with E-state index in [0.29, 0.717) is 18.3 Å². The molecule has 0 saturated heterocycles. The summed E-state index contributed by atoms with van der Waals surface area (Å²) in [5, 5.41) is 10.4. The number of hydrogen-bond acceptors (Lipinski definition) is 4. The quantitative estimate of drug-likeness (QED) is 0.563. The summed E-state index contributed by atoms with van der Waals surface area (Å²) in [5.74, 6) is 1.60. The molecular weight excluding hydrogens is 306 g/mol. The number of carbonyl (C=O) groups excluding carboxylic acids is 1. The lowest BCUT2D eigenvalue weighted by atomic mass is 9.47. The van der Waals surface area contributed by atoms with Gasteiger partial charge in [0.25, 0.3) is 5.09 Å². The zero-order valence-electron chi connectivity index (χ0n) is 14.6. The molecule has 0 aromatic rings. The van der Waals surface area contributed by atoms with Gasteiger partial charge in [0.1, 0.15) is 6.10 Å². The second-order valence-corrected chi connectivity index (χ2v) is 8.99. The maximum absolute atomic E-state index is 11.9. The van der Waals surface area contributed by atoms with Gasteiger partial charge >= 0.3 is 0 Å². The Morgan fingerprint density at radius 3 is 2.67 bits per heavy atom. The van der Waals surface area contributed by atoms with E-state index < -0.39 is 5.09 Å². The van der Waals surface area contributed by atoms with E-state index in [9.17, 15) is 14.9 Å². The van der Waals surface area contributed by atoms with Crippen LogP contribution in [0, 0.1) is 38.7 Å². The van der Waals surface area contributed by atoms with Gasteiger partial charge in [0.15, 0.2) is 5.78 Å². The molecule has 4 rings (SSSR count). The standard InChI is InChI=1S/C19H27NO4/c1-18-8-6-15-14(17(18)16(7-9-18)24-20(22)23)4-3-12-11-13(21)5-10-19(12,15)2/h11,14-17H,3-10H2,1-2H3/t14-,15+,16?,17-,18-,19+/m1/s1. The number of nitrogens with zero attached hydrogens (tertiary/aromatic N) is 1. The maximum Gasteiger partial charge on any atom is 0.294 e. The van der Waals surface area contributed by atoms with Crippen LogP contribution in [0.25, 0.3) is 0 Å². The van der Waals surface area contributed by atoms with Gasteiger partial charge in [-0.05, 0) is 79.6 Å². The van der Waals surface area contributed by atoms with Crippen LogP contribution in [0.3, 0.4) is 0 Å². The van der Waals surface area contributed by atoms with Gasteiger partial charge in [-0.15, -0.1) is 10.1 Å². The van der Waals surface area contributed by atoms with Crippen LogP contribution < -0.4 is 0 Å². The van der Waals surface area contributed by atoms with Gasteiger partial charge in [-0.2, -0.15) is 0 Å². The van der Waals surface area contributed by atoms with Crippen LogP contribution in [0.2, 0.25) is 0 Å². The Balaban J connectivity index is 1.67. The molecule has 4 aliphatic carbocycles. The number of allylic oxidation sites excluding steroid dienone is 1. The van der Waals surface area contributed by atoms with Crippen LogP contribution in [0.5, 0.6) is 0 Å². The summed E-state index contributed by atoms with van der Waals surface area (Å²) in [6, 6.07) is 0. The van der Waals surface area contributed by atoms with Crippen LogP contribution >= 0.6 is 0 Å². The maximum atomic E-state index is 11.9. The Morgan fingerprint density at radius 1 is 1.17 bits per heavy atom. The van der Waals surface area contributed by atoms with E-state index in [1.54, 1.807) is 0 Å². The highest BCUT2D eigenvalue weighted by atomic mass is 17.0. The lowest BCUT2D eigenvalue weighted by Crippen LogP contribution is -2.51. The molecule has 0 aromatic heterocycles. The fraction of sp³-hybridized carbons (Fsp3) is 0.842. The Labute approximate surface area is 142 Å². The summed E-state index contributed by atoms with van der Waals surface area (Å²) >= 11 is 0. The smallest absolute Gasteiger partial charge is 0.294 e. The molecule has 5 nitrogen and oxygen atoms in total. The normalized spacial score (nSPS) is 47.2. The fourth-order valence-electron chi connectivity index (χ4n) is 6.78. The highest BCUT2D eigenvalue weighted by molar-refractivity contribution is 5.91. The minimum Gasteiger partial charge on any atom is -0.310 e. The second-order valence-electron chi connectivity index (χ2n) is 8.99. The molecule has 1 unspecified atom stereocenters. The van der Waals surface area contributed by atoms with Crippen molar-refractivity contribution in [2.24, 2.45) is 28.6 Å². The van der Waals surface area contributed by atoms with Crippen LogP contribution in [0.15, 0.2) is 11.6 Å². The summed E-state index contributed by atoms with van der Waals surface area (Å²) in [4.78, 5) is 27.9. The summed E-state index contributed by atoms with van der Waals surface area (Å²) in [5.41, 5.74) is 1.64. The van der Waals surface area contributed by atoms with Crippen molar-refractivity contribution in [1.29, 1.82) is 0 Å². The molecule has 0 bridgehead atoms. The van der Waals surface area contributed by atoms with Crippen molar-refractivity contribution in [2.75, 3.05) is 0 Å². The Bertz CT molecular complexity index is 614. The predicted octanol–water partition coefficient (Wildman–Crippen LogP) is 4.10. The molecule has 4 aliphatic rings. The van der Waals surface area contributed by atoms with E-state index in [1.165, 1.54) is 12.0 Å². The SMILES string of the molecule is C[C@@]12CCC(O[N+](=O)[O-])[C@H]1[C@@H]1CCC3=CC(=O)CC[C@]3(C)[C@H]1CC2. The minimum absolute atomic E-state index is 0.111. The van der Waals surface area contributed by atoms with Gasteiger partial charge in [0.2, 0.25) is 0 Å². The van der Waals surface area contributed by atoms with E-state index in [4.69, 9.17) is 4.84 Å². The highest BCUT2D eigenvalue weighted by Gasteiger charge is 2.59. The molecule has 6 atom stereocenters. The molecule has 0 spiro atoms. The molecule has 0 amide bonds. The van der Waals surface area contributed by atoms with Crippen LogP contribution in [0.4, 0.5) is 0 Å². The van der Waals surface area contributed by atoms with Crippen LogP contribution in [0.1, 0.15) is 65.2 Å². The van der Waals surface area contributed by atoms with Crippen molar-refractivity contribution in [2.45, 2.75) is 71.3 Å². The minimum atomic E-state index is -0.588. The summed E-state index contributed by atoms with van der Waals surface area (Å²) in [6.07, 6.45) is 9.46. The van der Waals surface area contributed by atoms with Gasteiger partial charge in [0, 0.05) is 6.42 Å². The average molecular weight is 333 g/mol. The molecule has 0 N–H and O–H groups in total. The number of rotatable bonds is 2. The molecule has 132 valence electrons. The summed E-state index contributed by atoms with van der Waals surface area (Å²) in [7, 11) is 0. The van der Waals surface area contributed by atoms with Crippen molar-refractivity contribution in [3.8, 4) is 0 Å². The first-order valence-electron chi connectivity index (χ1n) is 9.38. The zero-order valence-corrected chi connectivity index (χ0v) is 14.6. The van der Waals surface area contributed by atoms with Crippen molar-refractivity contribution in [1.82, 2.24) is 0 Å². The van der Waals surface area contributed by atoms with Crippen molar-refractivity contribution < 1.29 is 14.7 Å². The van der Waals surface area contributed by atoms with Gasteiger partial charge < -0.3 is 4.84 Å². The third-order valence-electron chi connectivity index (χ3n) is 7.96. The molecule has 0 radical (unpaired) electrons. The largest absolute Gasteiger partial charge is 0.310 e. The molecule has 3 saturated carbocycles. The van der Waals surface area contributed by atoms with Crippen molar-refractivity contribution in [3.05, 3.63) is 21.8 Å². The van der Waals surface area contributed by atoms with Gasteiger partial charge in [-0.1, -0.05) is 19.4 Å². The summed E-state index contributed by atoms with van der Waals surface area (Å²) in [6.45, 7) is 4.65. The van der Waals surface area contributed by atoms with Crippen molar-refractivity contribution in [3.63, 3.8) is 0 Å². The van der Waals surface area contributed by atoms with E-state index >= 15 is 0 Å². The topological polar surface area (TPSA) is 69.4 Å². The molecule has 5 heteroatoms. The number of ketones is 1. The lowest BCUT2D eigenvalue weighted by Gasteiger charge is -2.57. The van der Waals surface area contributed by atoms with Gasteiger partial charge in [-0.3, -0.25) is 4.79 Å². The van der Waals surface area contributed by atoms with Gasteiger partial charge in [-0.25, -0.2) is 0 Å². The lowest BCUT2D eigenvalue weighted by molar-refractivity contribution is -0.770. The molecule has 0 aromatic carbocycles. The first-order valence-corrected chi connectivity index (χ1v) is 9.38. The third kappa shape index (κ3) is 2.23. The van der Waals surface area contributed by atoms with E-state index in [2.05, 4.69) is 13.8 Å². The first-order chi connectivity index (χ1) is 11.3. The Kier molecular flexibility index (Phi) is 3.56. The summed E-state index contributed by atoms with van der Waals surface area (Å²) < 4.78 is 0. The molecule has 24 heavy (non-hydrogen) atoms. The van der Waals surface area contributed by atoms with E-state index in [-0.39, 0.29) is 28.6 Å².